The Bertz CT molecular complexity index is 1110. The van der Waals surface area contributed by atoms with Gasteiger partial charge in [-0.3, -0.25) is 4.79 Å². The van der Waals surface area contributed by atoms with E-state index in [1.165, 1.54) is 0 Å². The number of carbonyl (C=O) groups excluding carboxylic acids is 1. The van der Waals surface area contributed by atoms with Crippen LogP contribution in [0.15, 0.2) is 48.6 Å². The molecule has 194 valence electrons. The molecule has 8 heteroatoms. The normalized spacial score (nSPS) is 11.2. The maximum Gasteiger partial charge on any atom is 0.164 e. The number of nitrogens with one attached hydrogen (secondary N) is 1. The fourth-order valence-corrected chi connectivity index (χ4v) is 3.58. The van der Waals surface area contributed by atoms with E-state index in [0.29, 0.717) is 54.9 Å². The Morgan fingerprint density at radius 2 is 1.47 bits per heavy atom. The molecule has 0 spiro atoms. The third-order valence-electron chi connectivity index (χ3n) is 5.15. The number of carbonyl (C=O) groups is 1. The van der Waals surface area contributed by atoms with Crippen LogP contribution < -0.4 is 29.5 Å². The molecule has 0 aliphatic carbocycles. The van der Waals surface area contributed by atoms with Crippen molar-refractivity contribution in [3.05, 3.63) is 70.8 Å². The van der Waals surface area contributed by atoms with Gasteiger partial charge in [-0.15, -0.1) is 0 Å². The van der Waals surface area contributed by atoms with Crippen molar-refractivity contribution in [1.29, 1.82) is 0 Å². The molecule has 0 amide bonds. The van der Waals surface area contributed by atoms with E-state index < -0.39 is 0 Å². The lowest BCUT2D eigenvalue weighted by Crippen LogP contribution is -2.12. The summed E-state index contributed by atoms with van der Waals surface area (Å²) in [7, 11) is 3.17. The van der Waals surface area contributed by atoms with Gasteiger partial charge in [-0.25, -0.2) is 4.84 Å². The van der Waals surface area contributed by atoms with Gasteiger partial charge in [-0.05, 0) is 83.8 Å². The molecule has 7 nitrogen and oxygen atoms in total. The lowest BCUT2D eigenvalue weighted by Gasteiger charge is -2.14. The quantitative estimate of drug-likeness (QED) is 0.149. The van der Waals surface area contributed by atoms with Gasteiger partial charge in [-0.2, -0.15) is 0 Å². The Labute approximate surface area is 218 Å². The van der Waals surface area contributed by atoms with Crippen LogP contribution in [0.4, 0.5) is 0 Å². The molecular formula is C28H35ClN2O5. The zero-order chi connectivity index (χ0) is 26.5. The highest BCUT2D eigenvalue weighted by molar-refractivity contribution is 6.13. The average Bonchev–Trinajstić information content (AvgIpc) is 2.86. The van der Waals surface area contributed by atoms with Gasteiger partial charge in [0.05, 0.1) is 14.2 Å². The number of aryl methyl sites for hydroxylation is 2. The molecule has 36 heavy (non-hydrogen) atoms. The molecular weight excluding hydrogens is 480 g/mol. The number of hydrogen-bond donors (Lipinski definition) is 2. The molecule has 2 aromatic carbocycles. The van der Waals surface area contributed by atoms with E-state index in [2.05, 4.69) is 11.4 Å². The van der Waals surface area contributed by atoms with E-state index in [4.69, 9.17) is 36.5 Å². The molecule has 3 N–H and O–H groups in total. The van der Waals surface area contributed by atoms with E-state index in [1.807, 2.05) is 50.3 Å². The minimum atomic E-state index is -0.0601. The first-order chi connectivity index (χ1) is 17.3. The Morgan fingerprint density at radius 1 is 0.944 bits per heavy atom. The van der Waals surface area contributed by atoms with Crippen molar-refractivity contribution < 1.29 is 23.7 Å². The standard InChI is InChI=1S/C28H35ClN2O5/c1-19(6-7-22-15-21(3)28(26(17-22)34-5)36-13-11-31-29)14-24(32)9-8-23-16-20(2)27(35-12-10-30)25(18-23)33-4/h6-9,15-18,31H,1,10-14,30H2,2-5H3/b7-6+,9-8+. The monoisotopic (exact) mass is 514 g/mol. The van der Waals surface area contributed by atoms with Crippen molar-refractivity contribution in [3.63, 3.8) is 0 Å². The SMILES string of the molecule is C=C(/C=C/c1cc(C)c(OCCNCl)c(OC)c1)CC(=O)/C=C/c1cc(C)c(OCCN)c(OC)c1. The fourth-order valence-electron chi connectivity index (χ4n) is 3.50. The van der Waals surface area contributed by atoms with E-state index in [9.17, 15) is 4.79 Å². The molecule has 0 saturated heterocycles. The van der Waals surface area contributed by atoms with Crippen LogP contribution >= 0.6 is 11.8 Å². The first-order valence-corrected chi connectivity index (χ1v) is 11.9. The zero-order valence-corrected chi connectivity index (χ0v) is 22.1. The van der Waals surface area contributed by atoms with E-state index >= 15 is 0 Å². The Kier molecular flexibility index (Phi) is 12.1. The molecule has 0 unspecified atom stereocenters. The van der Waals surface area contributed by atoms with Crippen LogP contribution in [0.1, 0.15) is 28.7 Å². The highest BCUT2D eigenvalue weighted by Crippen LogP contribution is 2.34. The maximum atomic E-state index is 12.5. The second-order valence-corrected chi connectivity index (χ2v) is 8.34. The molecule has 2 rings (SSSR count). The highest BCUT2D eigenvalue weighted by atomic mass is 35.5. The van der Waals surface area contributed by atoms with Gasteiger partial charge in [0.25, 0.3) is 0 Å². The van der Waals surface area contributed by atoms with Crippen LogP contribution in [-0.4, -0.2) is 46.3 Å². The summed E-state index contributed by atoms with van der Waals surface area (Å²) in [6.07, 6.45) is 7.22. The summed E-state index contributed by atoms with van der Waals surface area (Å²) in [6, 6.07) is 7.61. The van der Waals surface area contributed by atoms with Crippen LogP contribution in [0.2, 0.25) is 0 Å². The highest BCUT2D eigenvalue weighted by Gasteiger charge is 2.11. The fraction of sp³-hybridized carbons (Fsp3) is 0.321. The largest absolute Gasteiger partial charge is 0.493 e. The van der Waals surface area contributed by atoms with E-state index in [-0.39, 0.29) is 12.2 Å². The van der Waals surface area contributed by atoms with Crippen molar-refractivity contribution >= 4 is 29.7 Å². The Balaban J connectivity index is 2.03. The number of ether oxygens (including phenoxy) is 4. The number of methoxy groups -OCH3 is 2. The molecule has 2 aromatic rings. The number of ketones is 1. The maximum absolute atomic E-state index is 12.5. The van der Waals surface area contributed by atoms with Gasteiger partial charge < -0.3 is 24.7 Å². The summed E-state index contributed by atoms with van der Waals surface area (Å²) >= 11 is 5.48. The van der Waals surface area contributed by atoms with Gasteiger partial charge in [0.1, 0.15) is 13.2 Å². The van der Waals surface area contributed by atoms with Crippen LogP contribution in [-0.2, 0) is 4.79 Å². The predicted molar refractivity (Wildman–Crippen MR) is 146 cm³/mol. The lowest BCUT2D eigenvalue weighted by molar-refractivity contribution is -0.113. The van der Waals surface area contributed by atoms with E-state index in [0.717, 1.165) is 22.3 Å². The van der Waals surface area contributed by atoms with E-state index in [1.54, 1.807) is 26.4 Å². The summed E-state index contributed by atoms with van der Waals surface area (Å²) in [4.78, 5) is 15.0. The van der Waals surface area contributed by atoms with Crippen molar-refractivity contribution in [2.24, 2.45) is 5.73 Å². The third kappa shape index (κ3) is 8.75. The molecule has 0 saturated carbocycles. The molecule has 0 radical (unpaired) electrons. The van der Waals surface area contributed by atoms with Gasteiger partial charge >= 0.3 is 0 Å². The Morgan fingerprint density at radius 3 is 1.97 bits per heavy atom. The molecule has 0 heterocycles. The van der Waals surface area contributed by atoms with Crippen molar-refractivity contribution in [1.82, 2.24) is 4.84 Å². The zero-order valence-electron chi connectivity index (χ0n) is 21.4. The number of rotatable bonds is 15. The van der Waals surface area contributed by atoms with Gasteiger partial charge in [0, 0.05) is 19.5 Å². The van der Waals surface area contributed by atoms with Crippen LogP contribution in [0, 0.1) is 13.8 Å². The number of nitrogens with two attached hydrogens (primary N) is 1. The molecule has 0 aromatic heterocycles. The first kappa shape index (κ1) is 29.0. The smallest absolute Gasteiger partial charge is 0.164 e. The minimum absolute atomic E-state index is 0.0601. The van der Waals surface area contributed by atoms with Crippen LogP contribution in [0.25, 0.3) is 12.2 Å². The summed E-state index contributed by atoms with van der Waals surface area (Å²) < 4.78 is 22.3. The summed E-state index contributed by atoms with van der Waals surface area (Å²) in [5.41, 5.74) is 9.80. The van der Waals surface area contributed by atoms with Crippen molar-refractivity contribution in [3.8, 4) is 23.0 Å². The molecule has 0 aliphatic rings. The molecule has 0 aliphatic heterocycles. The molecule has 0 fully saturated rings. The van der Waals surface area contributed by atoms with Crippen molar-refractivity contribution in [2.45, 2.75) is 20.3 Å². The number of hydrogen-bond acceptors (Lipinski definition) is 7. The second kappa shape index (κ2) is 15.0. The Hall–Kier alpha value is -3.26. The van der Waals surface area contributed by atoms with Crippen molar-refractivity contribution in [2.75, 3.05) is 40.5 Å². The number of allylic oxidation sites excluding steroid dienone is 3. The second-order valence-electron chi connectivity index (χ2n) is 8.08. The number of benzene rings is 2. The lowest BCUT2D eigenvalue weighted by atomic mass is 10.0. The summed E-state index contributed by atoms with van der Waals surface area (Å²) in [5, 5.41) is 0. The predicted octanol–water partition coefficient (Wildman–Crippen LogP) is 5.02. The molecule has 0 bridgehead atoms. The first-order valence-electron chi connectivity index (χ1n) is 11.6. The molecule has 0 atom stereocenters. The van der Waals surface area contributed by atoms with Crippen LogP contribution in [0.3, 0.4) is 0 Å². The minimum Gasteiger partial charge on any atom is -0.493 e. The average molecular weight is 515 g/mol. The third-order valence-corrected chi connectivity index (χ3v) is 5.34. The summed E-state index contributed by atoms with van der Waals surface area (Å²) in [5.74, 6) is 2.49. The number of halogens is 1. The topological polar surface area (TPSA) is 92.0 Å². The van der Waals surface area contributed by atoms with Gasteiger partial charge in [0.15, 0.2) is 28.8 Å². The van der Waals surface area contributed by atoms with Gasteiger partial charge in [0.2, 0.25) is 0 Å². The van der Waals surface area contributed by atoms with Crippen LogP contribution in [0.5, 0.6) is 23.0 Å². The summed E-state index contributed by atoms with van der Waals surface area (Å²) in [6.45, 7) is 9.62. The van der Waals surface area contributed by atoms with Gasteiger partial charge in [-0.1, -0.05) is 24.8 Å².